The lowest BCUT2D eigenvalue weighted by Gasteiger charge is -2.20. The van der Waals surface area contributed by atoms with Gasteiger partial charge in [0.1, 0.15) is 11.6 Å². The molecule has 4 rings (SSSR count). The monoisotopic (exact) mass is 394 g/mol. The fourth-order valence-corrected chi connectivity index (χ4v) is 3.58. The second-order valence-electron chi connectivity index (χ2n) is 7.18. The van der Waals surface area contributed by atoms with E-state index in [9.17, 15) is 9.18 Å². The first-order chi connectivity index (χ1) is 14.1. The minimum Gasteiger partial charge on any atom is -0.342 e. The molecule has 1 unspecified atom stereocenters. The van der Waals surface area contributed by atoms with Crippen molar-refractivity contribution < 1.29 is 9.18 Å². The summed E-state index contributed by atoms with van der Waals surface area (Å²) >= 11 is 0. The van der Waals surface area contributed by atoms with Gasteiger partial charge in [-0.2, -0.15) is 0 Å². The van der Waals surface area contributed by atoms with Crippen LogP contribution in [0.2, 0.25) is 0 Å². The van der Waals surface area contributed by atoms with E-state index in [1.807, 2.05) is 19.1 Å². The number of pyridine rings is 1. The molecule has 1 aliphatic rings. The number of fused-ring (bicyclic) bond motifs is 1. The molecule has 0 fully saturated rings. The highest BCUT2D eigenvalue weighted by Gasteiger charge is 2.23. The van der Waals surface area contributed by atoms with Crippen molar-refractivity contribution in [3.63, 3.8) is 0 Å². The van der Waals surface area contributed by atoms with Crippen LogP contribution < -0.4 is 5.32 Å². The summed E-state index contributed by atoms with van der Waals surface area (Å²) in [6.45, 7) is 4.69. The number of carbonyl (C=O) groups excluding carboxylic acids is 1. The predicted octanol–water partition coefficient (Wildman–Crippen LogP) is 2.36. The van der Waals surface area contributed by atoms with Gasteiger partial charge in [-0.25, -0.2) is 4.39 Å². The number of hydrogen-bond acceptors (Lipinski definition) is 5. The van der Waals surface area contributed by atoms with E-state index < -0.39 is 0 Å². The molecular weight excluding hydrogens is 371 g/mol. The predicted molar refractivity (Wildman–Crippen MR) is 106 cm³/mol. The Kier molecular flexibility index (Phi) is 5.62. The molecule has 29 heavy (non-hydrogen) atoms. The van der Waals surface area contributed by atoms with Gasteiger partial charge in [-0.3, -0.25) is 14.7 Å². The Morgan fingerprint density at radius 3 is 2.83 bits per heavy atom. The van der Waals surface area contributed by atoms with E-state index in [0.29, 0.717) is 24.2 Å². The number of nitrogens with one attached hydrogen (secondary N) is 1. The Balaban J connectivity index is 1.43. The molecule has 1 aromatic carbocycles. The molecule has 1 amide bonds. The van der Waals surface area contributed by atoms with E-state index >= 15 is 0 Å². The van der Waals surface area contributed by atoms with Crippen molar-refractivity contribution in [2.75, 3.05) is 13.1 Å². The van der Waals surface area contributed by atoms with Gasteiger partial charge in [0.15, 0.2) is 5.82 Å². The molecule has 0 aliphatic carbocycles. The van der Waals surface area contributed by atoms with Gasteiger partial charge in [-0.1, -0.05) is 18.2 Å². The van der Waals surface area contributed by atoms with E-state index in [0.717, 1.165) is 31.2 Å². The quantitative estimate of drug-likeness (QED) is 0.719. The van der Waals surface area contributed by atoms with E-state index in [2.05, 4.69) is 30.0 Å². The zero-order valence-electron chi connectivity index (χ0n) is 16.3. The van der Waals surface area contributed by atoms with Crippen LogP contribution in [0.5, 0.6) is 0 Å². The van der Waals surface area contributed by atoms with Gasteiger partial charge in [0.05, 0.1) is 11.6 Å². The van der Waals surface area contributed by atoms with E-state index in [4.69, 9.17) is 0 Å². The number of aromatic nitrogens is 4. The standard InChI is InChI=1S/C21H23FN6O/c1-15(24-21(29)16-6-4-9-23-13-16)20-26-25-19-8-10-27(11-12-28(19)20)14-17-5-2-3-7-18(17)22/h2-7,9,13,15H,8,10-12,14H2,1H3,(H,24,29). The summed E-state index contributed by atoms with van der Waals surface area (Å²) in [4.78, 5) is 18.6. The van der Waals surface area contributed by atoms with Gasteiger partial charge >= 0.3 is 0 Å². The average molecular weight is 394 g/mol. The van der Waals surface area contributed by atoms with E-state index in [1.165, 1.54) is 12.3 Å². The summed E-state index contributed by atoms with van der Waals surface area (Å²) in [5, 5.41) is 11.6. The molecular formula is C21H23FN6O. The Morgan fingerprint density at radius 1 is 1.17 bits per heavy atom. The zero-order chi connectivity index (χ0) is 20.2. The molecule has 3 aromatic rings. The minimum atomic E-state index is -0.290. The molecule has 7 nitrogen and oxygen atoms in total. The first-order valence-corrected chi connectivity index (χ1v) is 9.70. The number of hydrogen-bond donors (Lipinski definition) is 1. The van der Waals surface area contributed by atoms with Crippen molar-refractivity contribution in [3.8, 4) is 0 Å². The largest absolute Gasteiger partial charge is 0.342 e. The number of carbonyl (C=O) groups is 1. The third kappa shape index (κ3) is 4.32. The van der Waals surface area contributed by atoms with Crippen molar-refractivity contribution >= 4 is 5.91 Å². The molecule has 0 spiro atoms. The second-order valence-corrected chi connectivity index (χ2v) is 7.18. The number of rotatable bonds is 5. The fraction of sp³-hybridized carbons (Fsp3) is 0.333. The Bertz CT molecular complexity index is 990. The minimum absolute atomic E-state index is 0.177. The lowest BCUT2D eigenvalue weighted by molar-refractivity contribution is 0.0937. The highest BCUT2D eigenvalue weighted by atomic mass is 19.1. The Morgan fingerprint density at radius 2 is 2.03 bits per heavy atom. The molecule has 0 saturated heterocycles. The second kappa shape index (κ2) is 8.48. The van der Waals surface area contributed by atoms with Gasteiger partial charge in [-0.05, 0) is 25.1 Å². The maximum absolute atomic E-state index is 14.0. The van der Waals surface area contributed by atoms with Crippen LogP contribution in [0, 0.1) is 5.82 Å². The first-order valence-electron chi connectivity index (χ1n) is 9.70. The van der Waals surface area contributed by atoms with E-state index in [1.54, 1.807) is 24.4 Å². The third-order valence-corrected chi connectivity index (χ3v) is 5.16. The smallest absolute Gasteiger partial charge is 0.253 e. The summed E-state index contributed by atoms with van der Waals surface area (Å²) in [6.07, 6.45) is 3.89. The third-order valence-electron chi connectivity index (χ3n) is 5.16. The van der Waals surface area contributed by atoms with Crippen LogP contribution in [-0.2, 0) is 19.5 Å². The number of benzene rings is 1. The van der Waals surface area contributed by atoms with Crippen molar-refractivity contribution in [2.45, 2.75) is 32.5 Å². The number of halogens is 1. The topological polar surface area (TPSA) is 75.9 Å². The molecule has 1 aliphatic heterocycles. The molecule has 0 bridgehead atoms. The van der Waals surface area contributed by atoms with Crippen LogP contribution in [0.25, 0.3) is 0 Å². The van der Waals surface area contributed by atoms with Crippen molar-refractivity contribution in [1.82, 2.24) is 30.0 Å². The van der Waals surface area contributed by atoms with Gasteiger partial charge in [-0.15, -0.1) is 10.2 Å². The van der Waals surface area contributed by atoms with E-state index in [-0.39, 0.29) is 17.8 Å². The van der Waals surface area contributed by atoms with Crippen LogP contribution in [0.4, 0.5) is 4.39 Å². The van der Waals surface area contributed by atoms with Crippen LogP contribution in [-0.4, -0.2) is 43.6 Å². The molecule has 2 aromatic heterocycles. The maximum atomic E-state index is 14.0. The molecule has 0 radical (unpaired) electrons. The molecule has 1 N–H and O–H groups in total. The molecule has 0 saturated carbocycles. The zero-order valence-corrected chi connectivity index (χ0v) is 16.3. The maximum Gasteiger partial charge on any atom is 0.253 e. The Labute approximate surface area is 168 Å². The number of nitrogens with zero attached hydrogens (tertiary/aromatic N) is 5. The van der Waals surface area contributed by atoms with Gasteiger partial charge in [0.2, 0.25) is 0 Å². The summed E-state index contributed by atoms with van der Waals surface area (Å²) in [5.41, 5.74) is 1.20. The normalized spacial score (nSPS) is 15.4. The van der Waals surface area contributed by atoms with Crippen molar-refractivity contribution in [3.05, 3.63) is 77.4 Å². The molecule has 8 heteroatoms. The summed E-state index contributed by atoms with van der Waals surface area (Å²) in [7, 11) is 0. The van der Waals surface area contributed by atoms with Gasteiger partial charge in [0, 0.05) is 50.6 Å². The first kappa shape index (κ1) is 19.2. The van der Waals surface area contributed by atoms with Gasteiger partial charge in [0.25, 0.3) is 5.91 Å². The molecule has 3 heterocycles. The molecule has 1 atom stereocenters. The highest BCUT2D eigenvalue weighted by Crippen LogP contribution is 2.18. The van der Waals surface area contributed by atoms with Gasteiger partial charge < -0.3 is 9.88 Å². The molecule has 150 valence electrons. The lowest BCUT2D eigenvalue weighted by Crippen LogP contribution is -2.30. The SMILES string of the molecule is CC(NC(=O)c1cccnc1)c1nnc2n1CCN(Cc1ccccc1F)CC2. The fourth-order valence-electron chi connectivity index (χ4n) is 3.58. The van der Waals surface area contributed by atoms with Crippen molar-refractivity contribution in [2.24, 2.45) is 0 Å². The average Bonchev–Trinajstić information content (AvgIpc) is 3.05. The summed E-state index contributed by atoms with van der Waals surface area (Å²) in [6, 6.07) is 10.0. The van der Waals surface area contributed by atoms with Crippen LogP contribution in [0.1, 0.15) is 40.5 Å². The van der Waals surface area contributed by atoms with Crippen LogP contribution in [0.3, 0.4) is 0 Å². The summed E-state index contributed by atoms with van der Waals surface area (Å²) < 4.78 is 16.0. The Hall–Kier alpha value is -3.13. The number of amides is 1. The van der Waals surface area contributed by atoms with Crippen LogP contribution >= 0.6 is 0 Å². The lowest BCUT2D eigenvalue weighted by atomic mass is 10.2. The van der Waals surface area contributed by atoms with Crippen molar-refractivity contribution in [1.29, 1.82) is 0 Å². The van der Waals surface area contributed by atoms with Crippen LogP contribution in [0.15, 0.2) is 48.8 Å². The summed E-state index contributed by atoms with van der Waals surface area (Å²) in [5.74, 6) is 1.24. The highest BCUT2D eigenvalue weighted by molar-refractivity contribution is 5.93.